The molecule has 0 radical (unpaired) electrons. The van der Waals surface area contributed by atoms with Crippen LogP contribution < -0.4 is 5.32 Å². The summed E-state index contributed by atoms with van der Waals surface area (Å²) in [5.74, 6) is 0. The fourth-order valence-corrected chi connectivity index (χ4v) is 3.58. The number of hydrogen-bond acceptors (Lipinski definition) is 3. The summed E-state index contributed by atoms with van der Waals surface area (Å²) in [5.41, 5.74) is 0.605. The molecule has 1 aromatic rings. The minimum atomic E-state index is -3.44. The van der Waals surface area contributed by atoms with Crippen LogP contribution in [-0.4, -0.2) is 38.9 Å². The Morgan fingerprint density at radius 1 is 1.39 bits per heavy atom. The minimum Gasteiger partial charge on any atom is -0.313 e. The second-order valence-corrected chi connectivity index (χ2v) is 6.57. The number of halogens is 2. The lowest BCUT2D eigenvalue weighted by Crippen LogP contribution is -2.57. The minimum absolute atomic E-state index is 0. The lowest BCUT2D eigenvalue weighted by atomic mass is 10.2. The van der Waals surface area contributed by atoms with Crippen molar-refractivity contribution < 1.29 is 8.42 Å². The third-order valence-electron chi connectivity index (χ3n) is 3.15. The molecular weight excluding hydrogens is 295 g/mol. The first-order chi connectivity index (χ1) is 7.94. The van der Waals surface area contributed by atoms with E-state index in [0.29, 0.717) is 28.6 Å². The molecule has 102 valence electrons. The van der Waals surface area contributed by atoms with Crippen molar-refractivity contribution in [3.8, 4) is 0 Å². The highest BCUT2D eigenvalue weighted by Gasteiger charge is 2.32. The molecule has 0 aliphatic carbocycles. The van der Waals surface area contributed by atoms with Gasteiger partial charge in [-0.1, -0.05) is 17.7 Å². The van der Waals surface area contributed by atoms with Gasteiger partial charge in [-0.05, 0) is 24.6 Å². The van der Waals surface area contributed by atoms with Gasteiger partial charge >= 0.3 is 0 Å². The Hall–Kier alpha value is -0.330. The van der Waals surface area contributed by atoms with Gasteiger partial charge in [0.25, 0.3) is 0 Å². The van der Waals surface area contributed by atoms with E-state index in [1.807, 2.05) is 0 Å². The first-order valence-electron chi connectivity index (χ1n) is 5.38. The van der Waals surface area contributed by atoms with E-state index < -0.39 is 10.0 Å². The molecule has 4 nitrogen and oxygen atoms in total. The van der Waals surface area contributed by atoms with Gasteiger partial charge in [-0.25, -0.2) is 8.42 Å². The molecule has 18 heavy (non-hydrogen) atoms. The number of hydrogen-bond donors (Lipinski definition) is 1. The average molecular weight is 311 g/mol. The molecule has 7 heteroatoms. The summed E-state index contributed by atoms with van der Waals surface area (Å²) in [6.07, 6.45) is 0. The molecule has 1 N–H and O–H groups in total. The van der Waals surface area contributed by atoms with Crippen LogP contribution in [0.15, 0.2) is 23.1 Å². The predicted octanol–water partition coefficient (Wildman–Crippen LogP) is 1.66. The molecule has 1 heterocycles. The van der Waals surface area contributed by atoms with Crippen molar-refractivity contribution in [3.63, 3.8) is 0 Å². The molecule has 1 saturated heterocycles. The number of likely N-dealkylation sites (N-methyl/N-ethyl adjacent to an activating group) is 1. The van der Waals surface area contributed by atoms with Gasteiger partial charge in [-0.2, -0.15) is 4.31 Å². The fourth-order valence-electron chi connectivity index (χ4n) is 1.75. The van der Waals surface area contributed by atoms with E-state index in [2.05, 4.69) is 5.32 Å². The fraction of sp³-hybridized carbons (Fsp3) is 0.455. The molecule has 0 unspecified atom stereocenters. The summed E-state index contributed by atoms with van der Waals surface area (Å²) in [4.78, 5) is 0.291. The molecule has 1 aromatic carbocycles. The van der Waals surface area contributed by atoms with Gasteiger partial charge in [0.2, 0.25) is 10.0 Å². The second kappa shape index (κ2) is 5.75. The van der Waals surface area contributed by atoms with Crippen LogP contribution in [0.25, 0.3) is 0 Å². The van der Waals surface area contributed by atoms with Gasteiger partial charge in [0.15, 0.2) is 0 Å². The Morgan fingerprint density at radius 3 is 2.50 bits per heavy atom. The summed E-state index contributed by atoms with van der Waals surface area (Å²) in [7, 11) is -1.83. The second-order valence-electron chi connectivity index (χ2n) is 4.20. The molecule has 0 bridgehead atoms. The van der Waals surface area contributed by atoms with E-state index in [-0.39, 0.29) is 18.4 Å². The van der Waals surface area contributed by atoms with E-state index in [9.17, 15) is 8.42 Å². The van der Waals surface area contributed by atoms with Crippen molar-refractivity contribution in [2.24, 2.45) is 0 Å². The van der Waals surface area contributed by atoms with Crippen molar-refractivity contribution >= 4 is 34.0 Å². The number of nitrogens with one attached hydrogen (secondary N) is 1. The average Bonchev–Trinajstić information content (AvgIpc) is 2.19. The molecule has 0 spiro atoms. The Balaban J connectivity index is 0.00000162. The number of rotatable bonds is 3. The van der Waals surface area contributed by atoms with Gasteiger partial charge in [-0.15, -0.1) is 12.4 Å². The van der Waals surface area contributed by atoms with Gasteiger partial charge in [0.05, 0.1) is 4.90 Å². The third-order valence-corrected chi connectivity index (χ3v) is 5.61. The first-order valence-corrected chi connectivity index (χ1v) is 7.20. The van der Waals surface area contributed by atoms with E-state index in [1.165, 1.54) is 4.31 Å². The smallest absolute Gasteiger partial charge is 0.243 e. The molecule has 0 amide bonds. The summed E-state index contributed by atoms with van der Waals surface area (Å²) in [6.45, 7) is 3.13. The Morgan fingerprint density at radius 2 is 2.00 bits per heavy atom. The van der Waals surface area contributed by atoms with E-state index >= 15 is 0 Å². The monoisotopic (exact) mass is 310 g/mol. The summed E-state index contributed by atoms with van der Waals surface area (Å²) in [5, 5.41) is 3.54. The molecule has 0 atom stereocenters. The first kappa shape index (κ1) is 15.7. The summed E-state index contributed by atoms with van der Waals surface area (Å²) < 4.78 is 26.2. The van der Waals surface area contributed by atoms with Crippen LogP contribution in [0.5, 0.6) is 0 Å². The maximum atomic E-state index is 12.4. The van der Waals surface area contributed by atoms with Crippen molar-refractivity contribution in [2.75, 3.05) is 20.1 Å². The molecule has 0 aromatic heterocycles. The Kier molecular flexibility index (Phi) is 5.03. The topological polar surface area (TPSA) is 49.4 Å². The van der Waals surface area contributed by atoms with Gasteiger partial charge in [0, 0.05) is 31.2 Å². The molecule has 1 aliphatic rings. The van der Waals surface area contributed by atoms with E-state index in [0.717, 1.165) is 0 Å². The van der Waals surface area contributed by atoms with Gasteiger partial charge in [0.1, 0.15) is 0 Å². The van der Waals surface area contributed by atoms with Crippen LogP contribution in [0.4, 0.5) is 0 Å². The highest BCUT2D eigenvalue weighted by Crippen LogP contribution is 2.26. The highest BCUT2D eigenvalue weighted by atomic mass is 35.5. The number of nitrogens with zero attached hydrogens (tertiary/aromatic N) is 1. The van der Waals surface area contributed by atoms with E-state index in [4.69, 9.17) is 11.6 Å². The highest BCUT2D eigenvalue weighted by molar-refractivity contribution is 7.89. The van der Waals surface area contributed by atoms with Crippen molar-refractivity contribution in [3.05, 3.63) is 28.8 Å². The number of sulfonamides is 1. The van der Waals surface area contributed by atoms with Crippen LogP contribution in [0.3, 0.4) is 0 Å². The zero-order valence-electron chi connectivity index (χ0n) is 10.2. The normalized spacial score (nSPS) is 16.2. The van der Waals surface area contributed by atoms with Crippen molar-refractivity contribution in [2.45, 2.75) is 17.9 Å². The summed E-state index contributed by atoms with van der Waals surface area (Å²) in [6, 6.07) is 4.99. The van der Waals surface area contributed by atoms with Crippen LogP contribution in [0.2, 0.25) is 5.02 Å². The molecular formula is C11H16Cl2N2O2S. The number of benzene rings is 1. The maximum absolute atomic E-state index is 12.4. The molecule has 1 fully saturated rings. The SMILES string of the molecule is Cc1c(Cl)cccc1S(=O)(=O)N(C)C1CNC1.Cl. The van der Waals surface area contributed by atoms with Crippen LogP contribution >= 0.6 is 24.0 Å². The van der Waals surface area contributed by atoms with Gasteiger partial charge < -0.3 is 5.32 Å². The van der Waals surface area contributed by atoms with Crippen LogP contribution in [-0.2, 0) is 10.0 Å². The van der Waals surface area contributed by atoms with Gasteiger partial charge in [-0.3, -0.25) is 0 Å². The van der Waals surface area contributed by atoms with E-state index in [1.54, 1.807) is 32.2 Å². The maximum Gasteiger partial charge on any atom is 0.243 e. The van der Waals surface area contributed by atoms with Crippen molar-refractivity contribution in [1.29, 1.82) is 0 Å². The zero-order valence-corrected chi connectivity index (χ0v) is 12.6. The molecule has 1 aliphatic heterocycles. The van der Waals surface area contributed by atoms with Crippen LogP contribution in [0, 0.1) is 6.92 Å². The van der Waals surface area contributed by atoms with Crippen molar-refractivity contribution in [1.82, 2.24) is 9.62 Å². The Bertz CT molecular complexity index is 530. The largest absolute Gasteiger partial charge is 0.313 e. The molecule has 0 saturated carbocycles. The standard InChI is InChI=1S/C11H15ClN2O2S.ClH/c1-8-10(12)4-3-5-11(8)17(15,16)14(2)9-6-13-7-9;/h3-5,9,13H,6-7H2,1-2H3;1H. The lowest BCUT2D eigenvalue weighted by molar-refractivity contribution is 0.274. The lowest BCUT2D eigenvalue weighted by Gasteiger charge is -2.35. The Labute approximate surface area is 119 Å². The predicted molar refractivity (Wildman–Crippen MR) is 75.0 cm³/mol. The quantitative estimate of drug-likeness (QED) is 0.924. The molecule has 2 rings (SSSR count). The third kappa shape index (κ3) is 2.65. The summed E-state index contributed by atoms with van der Waals surface area (Å²) >= 11 is 5.96. The van der Waals surface area contributed by atoms with Crippen LogP contribution in [0.1, 0.15) is 5.56 Å². The zero-order chi connectivity index (χ0) is 12.6.